The Morgan fingerprint density at radius 2 is 0.767 bits per heavy atom. The Hall–Kier alpha value is -8.08. The van der Waals surface area contributed by atoms with E-state index in [1.54, 1.807) is 0 Å². The van der Waals surface area contributed by atoms with Crippen molar-refractivity contribution in [2.75, 3.05) is 4.90 Å². The molecule has 0 unspecified atom stereocenters. The second kappa shape index (κ2) is 13.8. The molecule has 9 aromatic carbocycles. The smallest absolute Gasteiger partial charge is 0.137 e. The van der Waals surface area contributed by atoms with Gasteiger partial charge < -0.3 is 9.32 Å². The number of hydrogen-bond acceptors (Lipinski definition) is 2. The van der Waals surface area contributed by atoms with Crippen molar-refractivity contribution in [3.8, 4) is 33.6 Å². The van der Waals surface area contributed by atoms with Crippen LogP contribution in [-0.4, -0.2) is 9.13 Å². The summed E-state index contributed by atoms with van der Waals surface area (Å²) in [6.07, 6.45) is 0. The predicted octanol–water partition coefficient (Wildman–Crippen LogP) is 15.4. The van der Waals surface area contributed by atoms with Crippen LogP contribution in [-0.2, 0) is 0 Å². The van der Waals surface area contributed by atoms with Gasteiger partial charge in [-0.25, -0.2) is 0 Å². The monoisotopic (exact) mass is 767 g/mol. The van der Waals surface area contributed by atoms with Crippen LogP contribution in [0.2, 0.25) is 0 Å². The van der Waals surface area contributed by atoms with Crippen molar-refractivity contribution in [2.45, 2.75) is 0 Å². The van der Waals surface area contributed by atoms with Crippen LogP contribution in [0.3, 0.4) is 0 Å². The first-order valence-corrected chi connectivity index (χ1v) is 20.4. The van der Waals surface area contributed by atoms with E-state index in [2.05, 4.69) is 226 Å². The number of aromatic nitrogens is 2. The number of furan rings is 1. The fraction of sp³-hybridized carbons (Fsp3) is 0. The van der Waals surface area contributed by atoms with Crippen molar-refractivity contribution in [3.05, 3.63) is 224 Å². The summed E-state index contributed by atoms with van der Waals surface area (Å²) in [4.78, 5) is 2.35. The van der Waals surface area contributed by atoms with Gasteiger partial charge in [0.05, 0.1) is 11.0 Å². The first kappa shape index (κ1) is 34.0. The third-order valence-electron chi connectivity index (χ3n) is 11.9. The topological polar surface area (TPSA) is 26.2 Å². The molecule has 0 bridgehead atoms. The molecule has 0 spiro atoms. The highest BCUT2D eigenvalue weighted by Crippen LogP contribution is 2.45. The number of benzene rings is 9. The van der Waals surface area contributed by atoms with Crippen molar-refractivity contribution >= 4 is 71.8 Å². The maximum atomic E-state index is 6.47. The van der Waals surface area contributed by atoms with E-state index in [0.29, 0.717) is 0 Å². The van der Waals surface area contributed by atoms with E-state index in [9.17, 15) is 0 Å². The third-order valence-corrected chi connectivity index (χ3v) is 11.9. The Bertz CT molecular complexity index is 3510. The highest BCUT2D eigenvalue weighted by Gasteiger charge is 2.24. The SMILES string of the molecule is c1ccc(-c2ccc(-c3ccc(N(c4ccc5c(c4)oc4ccccc45)c4ccc5c6c7ccccc7n(-c7ccccc7)c6n(-c6ccccc6)c5c4)cc3)cc2)cc1. The molecule has 3 heterocycles. The van der Waals surface area contributed by atoms with Crippen molar-refractivity contribution in [3.63, 3.8) is 0 Å². The molecular weight excluding hydrogens is 731 g/mol. The Kier molecular flexibility index (Phi) is 7.82. The second-order valence-corrected chi connectivity index (χ2v) is 15.4. The number of nitrogens with zero attached hydrogens (tertiary/aromatic N) is 3. The largest absolute Gasteiger partial charge is 0.456 e. The molecule has 0 saturated heterocycles. The van der Waals surface area contributed by atoms with Gasteiger partial charge in [0.25, 0.3) is 0 Å². The fourth-order valence-electron chi connectivity index (χ4n) is 9.14. The maximum Gasteiger partial charge on any atom is 0.137 e. The summed E-state index contributed by atoms with van der Waals surface area (Å²) < 4.78 is 11.3. The van der Waals surface area contributed by atoms with Gasteiger partial charge >= 0.3 is 0 Å². The van der Waals surface area contributed by atoms with Crippen LogP contribution >= 0.6 is 0 Å². The van der Waals surface area contributed by atoms with Gasteiger partial charge in [-0.15, -0.1) is 0 Å². The molecule has 0 radical (unpaired) electrons. The van der Waals surface area contributed by atoms with Crippen molar-refractivity contribution < 1.29 is 4.42 Å². The molecule has 4 nitrogen and oxygen atoms in total. The van der Waals surface area contributed by atoms with Crippen LogP contribution in [0.1, 0.15) is 0 Å². The van der Waals surface area contributed by atoms with Gasteiger partial charge in [-0.05, 0) is 95.1 Å². The highest BCUT2D eigenvalue weighted by atomic mass is 16.3. The molecule has 0 saturated carbocycles. The first-order chi connectivity index (χ1) is 29.8. The molecule has 0 atom stereocenters. The van der Waals surface area contributed by atoms with E-state index in [4.69, 9.17) is 4.42 Å². The van der Waals surface area contributed by atoms with Crippen molar-refractivity contribution in [1.82, 2.24) is 9.13 Å². The van der Waals surface area contributed by atoms with Crippen LogP contribution in [0, 0.1) is 0 Å². The Morgan fingerprint density at radius 3 is 1.43 bits per heavy atom. The molecule has 0 amide bonds. The van der Waals surface area contributed by atoms with E-state index >= 15 is 0 Å². The lowest BCUT2D eigenvalue weighted by molar-refractivity contribution is 0.669. The van der Waals surface area contributed by atoms with Gasteiger partial charge in [-0.2, -0.15) is 0 Å². The molecule has 282 valence electrons. The number of anilines is 3. The number of para-hydroxylation sites is 4. The molecule has 3 aromatic heterocycles. The van der Waals surface area contributed by atoms with Crippen LogP contribution in [0.5, 0.6) is 0 Å². The maximum absolute atomic E-state index is 6.47. The summed E-state index contributed by atoms with van der Waals surface area (Å²) in [5.41, 5.74) is 15.3. The summed E-state index contributed by atoms with van der Waals surface area (Å²) in [5.74, 6) is 0. The molecule has 0 aliphatic rings. The Morgan fingerprint density at radius 1 is 0.317 bits per heavy atom. The van der Waals surface area contributed by atoms with Crippen molar-refractivity contribution in [2.24, 2.45) is 0 Å². The summed E-state index contributed by atoms with van der Waals surface area (Å²) in [6.45, 7) is 0. The van der Waals surface area contributed by atoms with Gasteiger partial charge in [-0.1, -0.05) is 146 Å². The minimum absolute atomic E-state index is 0.858. The summed E-state index contributed by atoms with van der Waals surface area (Å²) in [5, 5.41) is 5.88. The van der Waals surface area contributed by atoms with Gasteiger partial charge in [0, 0.05) is 61.4 Å². The second-order valence-electron chi connectivity index (χ2n) is 15.4. The van der Waals surface area contributed by atoms with E-state index in [1.807, 2.05) is 12.1 Å². The molecule has 60 heavy (non-hydrogen) atoms. The van der Waals surface area contributed by atoms with Gasteiger partial charge in [0.15, 0.2) is 0 Å². The molecule has 0 N–H and O–H groups in total. The lowest BCUT2D eigenvalue weighted by Crippen LogP contribution is -2.10. The zero-order valence-corrected chi connectivity index (χ0v) is 32.6. The molecular formula is C56H37N3O. The van der Waals surface area contributed by atoms with Crippen LogP contribution in [0.4, 0.5) is 17.1 Å². The van der Waals surface area contributed by atoms with Crippen LogP contribution in [0.25, 0.3) is 88.4 Å². The lowest BCUT2D eigenvalue weighted by Gasteiger charge is -2.26. The average Bonchev–Trinajstić information content (AvgIpc) is 3.97. The van der Waals surface area contributed by atoms with Gasteiger partial charge in [-0.3, -0.25) is 9.13 Å². The third kappa shape index (κ3) is 5.46. The molecule has 0 fully saturated rings. The molecule has 0 aliphatic carbocycles. The van der Waals surface area contributed by atoms with Crippen LogP contribution in [0.15, 0.2) is 229 Å². The Balaban J connectivity index is 1.07. The highest BCUT2D eigenvalue weighted by molar-refractivity contribution is 6.23. The van der Waals surface area contributed by atoms with E-state index in [1.165, 1.54) is 38.4 Å². The minimum Gasteiger partial charge on any atom is -0.456 e. The van der Waals surface area contributed by atoms with E-state index in [0.717, 1.165) is 67.1 Å². The zero-order valence-electron chi connectivity index (χ0n) is 32.6. The quantitative estimate of drug-likeness (QED) is 0.161. The molecule has 12 rings (SSSR count). The summed E-state index contributed by atoms with van der Waals surface area (Å²) in [7, 11) is 0. The van der Waals surface area contributed by atoms with Gasteiger partial charge in [0.2, 0.25) is 0 Å². The van der Waals surface area contributed by atoms with Crippen LogP contribution < -0.4 is 4.90 Å². The molecule has 0 aliphatic heterocycles. The number of fused-ring (bicyclic) bond motifs is 8. The first-order valence-electron chi connectivity index (χ1n) is 20.4. The Labute approximate surface area is 347 Å². The zero-order chi connectivity index (χ0) is 39.6. The summed E-state index contributed by atoms with van der Waals surface area (Å²) in [6, 6.07) is 80.3. The lowest BCUT2D eigenvalue weighted by atomic mass is 10.00. The van der Waals surface area contributed by atoms with E-state index < -0.39 is 0 Å². The van der Waals surface area contributed by atoms with Crippen molar-refractivity contribution in [1.29, 1.82) is 0 Å². The predicted molar refractivity (Wildman–Crippen MR) is 250 cm³/mol. The number of hydrogen-bond donors (Lipinski definition) is 0. The summed E-state index contributed by atoms with van der Waals surface area (Å²) >= 11 is 0. The minimum atomic E-state index is 0.858. The molecule has 12 aromatic rings. The average molecular weight is 768 g/mol. The number of rotatable bonds is 7. The normalized spacial score (nSPS) is 11.7. The van der Waals surface area contributed by atoms with Gasteiger partial charge in [0.1, 0.15) is 16.8 Å². The standard InChI is InChI=1S/C56H37N3O/c1-4-14-38(15-5-1)39-24-26-40(27-25-39)41-28-30-44(31-29-41)57(46-32-34-48-47-20-11-13-23-53(47)60-54(48)37-46)45-33-35-50-52(36-45)59(43-18-8-3-9-19-43)56-55(50)49-21-10-12-22-51(49)58(56)42-16-6-2-7-17-42/h1-37H. The molecule has 4 heteroatoms. The fourth-order valence-corrected chi connectivity index (χ4v) is 9.14. The van der Waals surface area contributed by atoms with E-state index in [-0.39, 0.29) is 0 Å².